The smallest absolute Gasteiger partial charge is 0.323 e. The van der Waals surface area contributed by atoms with E-state index in [-0.39, 0.29) is 11.7 Å². The Bertz CT molecular complexity index is 1020. The van der Waals surface area contributed by atoms with Crippen LogP contribution in [0.2, 0.25) is 0 Å². The summed E-state index contributed by atoms with van der Waals surface area (Å²) in [6, 6.07) is 16.4. The SMILES string of the molecule is O=C(O)Cn1c2c(c3ccccc31)CN(C(=S)N(F)c1ccccc1)CC2. The van der Waals surface area contributed by atoms with Gasteiger partial charge < -0.3 is 14.6 Å². The molecule has 2 aromatic carbocycles. The summed E-state index contributed by atoms with van der Waals surface area (Å²) in [7, 11) is 0. The van der Waals surface area contributed by atoms with E-state index < -0.39 is 5.97 Å². The van der Waals surface area contributed by atoms with Crippen molar-refractivity contribution in [3.8, 4) is 0 Å². The van der Waals surface area contributed by atoms with E-state index >= 15 is 0 Å². The van der Waals surface area contributed by atoms with E-state index in [2.05, 4.69) is 0 Å². The van der Waals surface area contributed by atoms with Crippen LogP contribution in [0.15, 0.2) is 54.6 Å². The number of aromatic nitrogens is 1. The maximum Gasteiger partial charge on any atom is 0.323 e. The van der Waals surface area contributed by atoms with Crippen molar-refractivity contribution in [3.05, 3.63) is 65.9 Å². The molecule has 1 N–H and O–H groups in total. The predicted octanol–water partition coefficient (Wildman–Crippen LogP) is 3.76. The average Bonchev–Trinajstić information content (AvgIpc) is 3.00. The number of rotatable bonds is 3. The van der Waals surface area contributed by atoms with Gasteiger partial charge in [0.25, 0.3) is 0 Å². The summed E-state index contributed by atoms with van der Waals surface area (Å²) < 4.78 is 16.6. The van der Waals surface area contributed by atoms with Crippen molar-refractivity contribution in [3.63, 3.8) is 0 Å². The summed E-state index contributed by atoms with van der Waals surface area (Å²) in [4.78, 5) is 13.1. The van der Waals surface area contributed by atoms with Crippen molar-refractivity contribution in [1.29, 1.82) is 0 Å². The van der Waals surface area contributed by atoms with Gasteiger partial charge in [-0.1, -0.05) is 40.9 Å². The normalized spacial score (nSPS) is 13.4. The van der Waals surface area contributed by atoms with Crippen molar-refractivity contribution < 1.29 is 14.4 Å². The van der Waals surface area contributed by atoms with Gasteiger partial charge in [0, 0.05) is 41.7 Å². The highest BCUT2D eigenvalue weighted by Crippen LogP contribution is 2.32. The number of nitrogens with zero attached hydrogens (tertiary/aromatic N) is 3. The van der Waals surface area contributed by atoms with Crippen LogP contribution < -0.4 is 5.12 Å². The minimum atomic E-state index is -0.879. The van der Waals surface area contributed by atoms with Crippen LogP contribution in [0.4, 0.5) is 10.2 Å². The van der Waals surface area contributed by atoms with Crippen LogP contribution in [0, 0.1) is 0 Å². The van der Waals surface area contributed by atoms with Crippen LogP contribution >= 0.6 is 12.2 Å². The molecule has 27 heavy (non-hydrogen) atoms. The molecule has 0 saturated carbocycles. The van der Waals surface area contributed by atoms with Gasteiger partial charge in [0.05, 0.1) is 5.69 Å². The largest absolute Gasteiger partial charge is 0.480 e. The van der Waals surface area contributed by atoms with Crippen LogP contribution in [0.3, 0.4) is 0 Å². The molecule has 4 rings (SSSR count). The minimum Gasteiger partial charge on any atom is -0.480 e. The molecule has 1 aliphatic rings. The van der Waals surface area contributed by atoms with Gasteiger partial charge in [0.2, 0.25) is 5.11 Å². The Kier molecular flexibility index (Phi) is 4.53. The Hall–Kier alpha value is -2.93. The third-order valence-corrected chi connectivity index (χ3v) is 5.29. The third kappa shape index (κ3) is 3.14. The van der Waals surface area contributed by atoms with Crippen LogP contribution in [0.1, 0.15) is 11.3 Å². The Morgan fingerprint density at radius 1 is 1.15 bits per heavy atom. The zero-order valence-electron chi connectivity index (χ0n) is 14.5. The lowest BCUT2D eigenvalue weighted by Crippen LogP contribution is -2.42. The molecule has 0 atom stereocenters. The van der Waals surface area contributed by atoms with Crippen molar-refractivity contribution in [1.82, 2.24) is 9.47 Å². The van der Waals surface area contributed by atoms with E-state index in [0.29, 0.717) is 30.3 Å². The molecule has 5 nitrogen and oxygen atoms in total. The highest BCUT2D eigenvalue weighted by Gasteiger charge is 2.28. The minimum absolute atomic E-state index is 0.0838. The number of hydrogen-bond acceptors (Lipinski definition) is 2. The van der Waals surface area contributed by atoms with Crippen molar-refractivity contribution >= 4 is 39.9 Å². The summed E-state index contributed by atoms with van der Waals surface area (Å²) in [5, 5.41) is 10.9. The number of benzene rings is 2. The molecule has 0 amide bonds. The quantitative estimate of drug-likeness (QED) is 0.551. The first kappa shape index (κ1) is 17.5. The van der Waals surface area contributed by atoms with Gasteiger partial charge >= 0.3 is 5.97 Å². The molecule has 3 aromatic rings. The zero-order chi connectivity index (χ0) is 19.0. The second-order valence-corrected chi connectivity index (χ2v) is 6.86. The number of aliphatic carboxylic acids is 1. The maximum atomic E-state index is 14.7. The van der Waals surface area contributed by atoms with Gasteiger partial charge in [0.15, 0.2) is 0 Å². The fraction of sp³-hybridized carbons (Fsp3) is 0.200. The predicted molar refractivity (Wildman–Crippen MR) is 106 cm³/mol. The molecule has 0 spiro atoms. The van der Waals surface area contributed by atoms with E-state index in [0.717, 1.165) is 22.2 Å². The molecule has 0 aliphatic carbocycles. The summed E-state index contributed by atoms with van der Waals surface area (Å²) in [6.07, 6.45) is 0.611. The molecule has 0 radical (unpaired) electrons. The van der Waals surface area contributed by atoms with Crippen molar-refractivity contribution in [2.45, 2.75) is 19.5 Å². The molecule has 2 heterocycles. The number of carbonyl (C=O) groups is 1. The summed E-state index contributed by atoms with van der Waals surface area (Å²) in [6.45, 7) is 0.906. The van der Waals surface area contributed by atoms with Gasteiger partial charge in [-0.15, -0.1) is 0 Å². The number of carboxylic acids is 1. The number of thiocarbonyl (C=S) groups is 1. The standard InChI is InChI=1S/C20H18FN3O2S/c21-24(14-6-2-1-3-7-14)20(27)22-11-10-18-16(12-22)15-8-4-5-9-17(15)23(18)13-19(25)26/h1-9H,10-13H2,(H,25,26). The first-order valence-corrected chi connectivity index (χ1v) is 9.07. The average molecular weight is 383 g/mol. The summed E-state index contributed by atoms with van der Waals surface area (Å²) >= 11 is 5.38. The van der Waals surface area contributed by atoms with E-state index in [1.165, 1.54) is 0 Å². The Morgan fingerprint density at radius 3 is 2.59 bits per heavy atom. The number of anilines is 1. The highest BCUT2D eigenvalue weighted by atomic mass is 32.1. The first-order valence-electron chi connectivity index (χ1n) is 8.67. The number of hydrogen-bond donors (Lipinski definition) is 1. The van der Waals surface area contributed by atoms with Crippen molar-refractivity contribution in [2.75, 3.05) is 11.7 Å². The second kappa shape index (κ2) is 7.00. The van der Waals surface area contributed by atoms with Gasteiger partial charge in [0.1, 0.15) is 6.54 Å². The van der Waals surface area contributed by atoms with E-state index in [1.54, 1.807) is 24.3 Å². The van der Waals surface area contributed by atoms with E-state index in [1.807, 2.05) is 39.8 Å². The molecule has 7 heteroatoms. The molecule has 0 saturated heterocycles. The Labute approximate surface area is 161 Å². The van der Waals surface area contributed by atoms with E-state index in [4.69, 9.17) is 12.2 Å². The molecule has 0 unspecified atom stereocenters. The molecule has 0 bridgehead atoms. The third-order valence-electron chi connectivity index (χ3n) is 4.88. The molecule has 138 valence electrons. The molecular weight excluding hydrogens is 365 g/mol. The fourth-order valence-corrected chi connectivity index (χ4v) is 3.93. The van der Waals surface area contributed by atoms with Crippen LogP contribution in [0.25, 0.3) is 10.9 Å². The number of para-hydroxylation sites is 2. The maximum absolute atomic E-state index is 14.7. The van der Waals surface area contributed by atoms with E-state index in [9.17, 15) is 14.4 Å². The van der Waals surface area contributed by atoms with Crippen LogP contribution in [-0.4, -0.2) is 32.2 Å². The number of fused-ring (bicyclic) bond motifs is 3. The van der Waals surface area contributed by atoms with Crippen molar-refractivity contribution in [2.24, 2.45) is 0 Å². The van der Waals surface area contributed by atoms with Crippen LogP contribution in [-0.2, 0) is 24.3 Å². The molecule has 0 fully saturated rings. The fourth-order valence-electron chi connectivity index (χ4n) is 3.67. The highest BCUT2D eigenvalue weighted by molar-refractivity contribution is 7.80. The summed E-state index contributed by atoms with van der Waals surface area (Å²) in [5.74, 6) is -0.879. The second-order valence-electron chi connectivity index (χ2n) is 6.49. The lowest BCUT2D eigenvalue weighted by atomic mass is 10.0. The van der Waals surface area contributed by atoms with Gasteiger partial charge in [-0.3, -0.25) is 4.79 Å². The summed E-state index contributed by atoms with van der Waals surface area (Å²) in [5.41, 5.74) is 3.28. The van der Waals surface area contributed by atoms with Gasteiger partial charge in [-0.05, 0) is 30.4 Å². The zero-order valence-corrected chi connectivity index (χ0v) is 15.3. The number of halogens is 1. The molecule has 1 aliphatic heterocycles. The Balaban J connectivity index is 1.67. The number of carboxylic acid groups (broad SMARTS) is 1. The monoisotopic (exact) mass is 383 g/mol. The lowest BCUT2D eigenvalue weighted by Gasteiger charge is -2.32. The Morgan fingerprint density at radius 2 is 1.85 bits per heavy atom. The van der Waals surface area contributed by atoms with Gasteiger partial charge in [-0.2, -0.15) is 5.12 Å². The topological polar surface area (TPSA) is 48.7 Å². The van der Waals surface area contributed by atoms with Gasteiger partial charge in [-0.25, -0.2) is 0 Å². The lowest BCUT2D eigenvalue weighted by molar-refractivity contribution is -0.137. The van der Waals surface area contributed by atoms with Crippen LogP contribution in [0.5, 0.6) is 0 Å². The first-order chi connectivity index (χ1) is 13.1. The molecular formula is C20H18FN3O2S. The molecule has 1 aromatic heterocycles.